The number of aliphatic hydroxyl groups excluding tert-OH is 1. The zero-order valence-electron chi connectivity index (χ0n) is 27.0. The van der Waals surface area contributed by atoms with E-state index in [9.17, 15) is 35.5 Å². The van der Waals surface area contributed by atoms with E-state index >= 15 is 0 Å². The van der Waals surface area contributed by atoms with Gasteiger partial charge in [0, 0.05) is 20.1 Å². The van der Waals surface area contributed by atoms with Crippen LogP contribution >= 0.6 is 0 Å². The minimum Gasteiger partial charge on any atom is -0.462 e. The molecular weight excluding hydrogens is 639 g/mol. The lowest BCUT2D eigenvalue weighted by Gasteiger charge is -2.31. The number of hydrogen-bond donors (Lipinski definition) is 1. The van der Waals surface area contributed by atoms with Crippen LogP contribution in [0, 0.1) is 5.82 Å². The Hall–Kier alpha value is -4.02. The number of carbonyl (C=O) groups excluding carboxylic acids is 1. The van der Waals surface area contributed by atoms with Gasteiger partial charge in [-0.3, -0.25) is 4.79 Å². The molecule has 0 atom stereocenters. The third-order valence-electron chi connectivity index (χ3n) is 6.57. The van der Waals surface area contributed by atoms with Crippen molar-refractivity contribution in [3.63, 3.8) is 0 Å². The molecule has 0 spiro atoms. The first-order chi connectivity index (χ1) is 21.7. The molecule has 0 aliphatic carbocycles. The van der Waals surface area contributed by atoms with E-state index in [4.69, 9.17) is 14.6 Å². The Morgan fingerprint density at radius 1 is 0.830 bits per heavy atom. The van der Waals surface area contributed by atoms with Crippen LogP contribution in [0.3, 0.4) is 0 Å². The highest BCUT2D eigenvalue weighted by molar-refractivity contribution is 6.01. The van der Waals surface area contributed by atoms with Crippen LogP contribution in [0.5, 0.6) is 17.6 Å². The SMILES string of the molecule is CN(C)CCO.CN(C)CCOc1ncc(N(C)C(=O)C(C)(C)c2cc(C(F)(F)F)cc(C(F)(F)F)c2)c(Oc2ccc(F)cc2)n1. The van der Waals surface area contributed by atoms with Crippen LogP contribution in [0.15, 0.2) is 48.7 Å². The van der Waals surface area contributed by atoms with Gasteiger partial charge in [-0.05, 0) is 90.1 Å². The minimum absolute atomic E-state index is 0.00865. The molecule has 0 saturated carbocycles. The number of ether oxygens (including phenoxy) is 2. The van der Waals surface area contributed by atoms with Gasteiger partial charge >= 0.3 is 18.4 Å². The summed E-state index contributed by atoms with van der Waals surface area (Å²) in [4.78, 5) is 26.6. The molecule has 0 saturated heterocycles. The van der Waals surface area contributed by atoms with Gasteiger partial charge in [0.05, 0.1) is 29.3 Å². The number of aromatic nitrogens is 2. The molecule has 0 fully saturated rings. The Labute approximate surface area is 268 Å². The van der Waals surface area contributed by atoms with Gasteiger partial charge < -0.3 is 29.3 Å². The minimum atomic E-state index is -5.09. The van der Waals surface area contributed by atoms with Crippen LogP contribution in [0.4, 0.5) is 36.4 Å². The molecule has 3 aromatic rings. The second kappa shape index (κ2) is 16.2. The van der Waals surface area contributed by atoms with Gasteiger partial charge in [0.15, 0.2) is 0 Å². The van der Waals surface area contributed by atoms with E-state index in [0.717, 1.165) is 29.8 Å². The predicted octanol–water partition coefficient (Wildman–Crippen LogP) is 5.87. The normalized spacial score (nSPS) is 12.1. The van der Waals surface area contributed by atoms with E-state index in [2.05, 4.69) is 9.97 Å². The van der Waals surface area contributed by atoms with E-state index in [-0.39, 0.29) is 42.6 Å². The van der Waals surface area contributed by atoms with Crippen molar-refractivity contribution in [3.05, 3.63) is 71.2 Å². The fraction of sp³-hybridized carbons (Fsp3) is 0.452. The zero-order chi connectivity index (χ0) is 35.7. The first-order valence-electron chi connectivity index (χ1n) is 14.1. The largest absolute Gasteiger partial charge is 0.462 e. The monoisotopic (exact) mass is 677 g/mol. The molecule has 260 valence electrons. The second-order valence-electron chi connectivity index (χ2n) is 11.4. The maximum absolute atomic E-state index is 13.6. The third kappa shape index (κ3) is 11.6. The smallest absolute Gasteiger partial charge is 0.416 e. The maximum atomic E-state index is 13.6. The Morgan fingerprint density at radius 2 is 1.34 bits per heavy atom. The van der Waals surface area contributed by atoms with Crippen molar-refractivity contribution in [2.45, 2.75) is 31.6 Å². The van der Waals surface area contributed by atoms with Crippen molar-refractivity contribution in [3.8, 4) is 17.6 Å². The van der Waals surface area contributed by atoms with Crippen molar-refractivity contribution >= 4 is 11.6 Å². The van der Waals surface area contributed by atoms with Gasteiger partial charge in [-0.25, -0.2) is 9.37 Å². The number of alkyl halides is 6. The van der Waals surface area contributed by atoms with Gasteiger partial charge in [-0.15, -0.1) is 0 Å². The summed E-state index contributed by atoms with van der Waals surface area (Å²) in [7, 11) is 8.74. The van der Waals surface area contributed by atoms with Gasteiger partial charge in [0.25, 0.3) is 0 Å². The number of aliphatic hydroxyl groups is 1. The highest BCUT2D eigenvalue weighted by Crippen LogP contribution is 2.40. The molecule has 47 heavy (non-hydrogen) atoms. The first kappa shape index (κ1) is 39.2. The number of likely N-dealkylation sites (N-methyl/N-ethyl adjacent to an activating group) is 3. The Bertz CT molecular complexity index is 1430. The van der Waals surface area contributed by atoms with Crippen molar-refractivity contribution in [1.29, 1.82) is 0 Å². The number of carbonyl (C=O) groups is 1. The molecule has 1 N–H and O–H groups in total. The molecule has 0 bridgehead atoms. The van der Waals surface area contributed by atoms with Crippen molar-refractivity contribution in [2.24, 2.45) is 0 Å². The summed E-state index contributed by atoms with van der Waals surface area (Å²) in [5.41, 5.74) is -5.57. The molecule has 0 aliphatic heterocycles. The predicted molar refractivity (Wildman–Crippen MR) is 161 cm³/mol. The van der Waals surface area contributed by atoms with E-state index in [1.165, 1.54) is 33.0 Å². The Balaban J connectivity index is 0.00000117. The number of halogens is 7. The van der Waals surface area contributed by atoms with Gasteiger partial charge in [0.2, 0.25) is 11.8 Å². The number of nitrogens with zero attached hydrogens (tertiary/aromatic N) is 5. The van der Waals surface area contributed by atoms with Crippen molar-refractivity contribution in [1.82, 2.24) is 19.8 Å². The summed E-state index contributed by atoms with van der Waals surface area (Å²) in [5, 5.41) is 8.20. The van der Waals surface area contributed by atoms with Crippen molar-refractivity contribution < 1.29 is 50.1 Å². The van der Waals surface area contributed by atoms with Crippen molar-refractivity contribution in [2.75, 3.05) is 66.4 Å². The van der Waals surface area contributed by atoms with E-state index < -0.39 is 46.2 Å². The molecule has 1 aromatic heterocycles. The lowest BCUT2D eigenvalue weighted by molar-refractivity contribution is -0.143. The molecule has 0 radical (unpaired) electrons. The molecule has 9 nitrogen and oxygen atoms in total. The quantitative estimate of drug-likeness (QED) is 0.252. The van der Waals surface area contributed by atoms with E-state index in [1.807, 2.05) is 38.0 Å². The number of benzene rings is 2. The van der Waals surface area contributed by atoms with Crippen LogP contribution in [-0.4, -0.2) is 92.3 Å². The summed E-state index contributed by atoms with van der Waals surface area (Å²) in [6.07, 6.45) is -9.01. The van der Waals surface area contributed by atoms with Crippen LogP contribution in [0.25, 0.3) is 0 Å². The summed E-state index contributed by atoms with van der Waals surface area (Å²) in [6.45, 7) is 4.13. The molecular formula is C31H38F7N5O4. The van der Waals surface area contributed by atoms with Crippen LogP contribution in [-0.2, 0) is 22.6 Å². The molecule has 1 heterocycles. The highest BCUT2D eigenvalue weighted by Gasteiger charge is 2.41. The van der Waals surface area contributed by atoms with Gasteiger partial charge in [0.1, 0.15) is 23.9 Å². The fourth-order valence-electron chi connectivity index (χ4n) is 3.82. The Kier molecular flexibility index (Phi) is 13.5. The second-order valence-corrected chi connectivity index (χ2v) is 11.4. The van der Waals surface area contributed by atoms with Crippen LogP contribution in [0.2, 0.25) is 0 Å². The van der Waals surface area contributed by atoms with Crippen LogP contribution in [0.1, 0.15) is 30.5 Å². The third-order valence-corrected chi connectivity index (χ3v) is 6.57. The molecule has 3 rings (SSSR count). The number of hydrogen-bond acceptors (Lipinski definition) is 8. The maximum Gasteiger partial charge on any atom is 0.416 e. The summed E-state index contributed by atoms with van der Waals surface area (Å²) in [5.74, 6) is -1.53. The van der Waals surface area contributed by atoms with Gasteiger partial charge in [-0.1, -0.05) is 0 Å². The lowest BCUT2D eigenvalue weighted by atomic mass is 9.81. The van der Waals surface area contributed by atoms with E-state index in [1.54, 1.807) is 0 Å². The molecule has 16 heteroatoms. The first-order valence-corrected chi connectivity index (χ1v) is 14.1. The standard InChI is InChI=1S/C27H27F7N4O3.C4H11NO/c1-25(2,16-12-17(26(29,30)31)14-18(13-16)27(32,33)34)23(39)38(5)21-15-35-24(40-11-10-37(3)4)36-22(21)41-20-8-6-19(28)7-9-20;1-5(2)3-4-6/h6-9,12-15H,10-11H2,1-5H3;6H,3-4H2,1-2H3. The van der Waals surface area contributed by atoms with E-state index in [0.29, 0.717) is 18.7 Å². The summed E-state index contributed by atoms with van der Waals surface area (Å²) < 4.78 is 105. The highest BCUT2D eigenvalue weighted by atomic mass is 19.4. The number of rotatable bonds is 11. The Morgan fingerprint density at radius 3 is 1.79 bits per heavy atom. The summed E-state index contributed by atoms with van der Waals surface area (Å²) >= 11 is 0. The lowest BCUT2D eigenvalue weighted by Crippen LogP contribution is -2.42. The number of anilines is 1. The average Bonchev–Trinajstić information content (AvgIpc) is 2.96. The fourth-order valence-corrected chi connectivity index (χ4v) is 3.82. The molecule has 0 aliphatic rings. The van der Waals surface area contributed by atoms with Crippen LogP contribution < -0.4 is 14.4 Å². The molecule has 1 amide bonds. The molecule has 2 aromatic carbocycles. The number of amides is 1. The average molecular weight is 678 g/mol. The summed E-state index contributed by atoms with van der Waals surface area (Å²) in [6, 6.07) is 5.71. The van der Waals surface area contributed by atoms with Gasteiger partial charge in [-0.2, -0.15) is 31.3 Å². The molecule has 0 unspecified atom stereocenters. The zero-order valence-corrected chi connectivity index (χ0v) is 27.0. The topological polar surface area (TPSA) is 91.3 Å².